The van der Waals surface area contributed by atoms with Gasteiger partial charge in [-0.2, -0.15) is 0 Å². The van der Waals surface area contributed by atoms with Crippen LogP contribution in [-0.4, -0.2) is 54.2 Å². The van der Waals surface area contributed by atoms with Gasteiger partial charge in [-0.25, -0.2) is 19.2 Å². The van der Waals surface area contributed by atoms with Gasteiger partial charge in [-0.3, -0.25) is 0 Å². The number of hydrogen-bond donors (Lipinski definition) is 1. The van der Waals surface area contributed by atoms with Gasteiger partial charge in [0.15, 0.2) is 0 Å². The van der Waals surface area contributed by atoms with E-state index in [2.05, 4.69) is 36.1 Å². The van der Waals surface area contributed by atoms with E-state index in [0.717, 1.165) is 22.8 Å². The van der Waals surface area contributed by atoms with Crippen LogP contribution in [0, 0.1) is 5.82 Å². The minimum absolute atomic E-state index is 0.163. The summed E-state index contributed by atoms with van der Waals surface area (Å²) >= 11 is 3.21. The van der Waals surface area contributed by atoms with Gasteiger partial charge in [0.25, 0.3) is 0 Å². The number of ether oxygens (including phenoxy) is 1. The molecule has 2 heterocycles. The first kappa shape index (κ1) is 21.0. The molecule has 0 radical (unpaired) electrons. The number of methoxy groups -OCH3 is 1. The van der Waals surface area contributed by atoms with E-state index in [1.165, 1.54) is 12.1 Å². The Morgan fingerprint density at radius 2 is 1.81 bits per heavy atom. The van der Waals surface area contributed by atoms with Crippen molar-refractivity contribution in [2.24, 2.45) is 0 Å². The monoisotopic (exact) mass is 485 g/mol. The Morgan fingerprint density at radius 1 is 1.06 bits per heavy atom. The lowest BCUT2D eigenvalue weighted by molar-refractivity contribution is 0.208. The molecular weight excluding hydrogens is 465 g/mol. The second kappa shape index (κ2) is 9.30. The van der Waals surface area contributed by atoms with Gasteiger partial charge < -0.3 is 19.9 Å². The number of amides is 2. The highest BCUT2D eigenvalue weighted by Crippen LogP contribution is 2.24. The maximum atomic E-state index is 14.0. The number of halogens is 2. The minimum Gasteiger partial charge on any atom is -0.497 e. The molecule has 1 aliphatic rings. The van der Waals surface area contributed by atoms with Crippen molar-refractivity contribution in [2.45, 2.75) is 0 Å². The van der Waals surface area contributed by atoms with Crippen LogP contribution in [0.3, 0.4) is 0 Å². The number of benzene rings is 2. The maximum Gasteiger partial charge on any atom is 0.322 e. The largest absolute Gasteiger partial charge is 0.497 e. The summed E-state index contributed by atoms with van der Waals surface area (Å²) in [5.41, 5.74) is 1.95. The van der Waals surface area contributed by atoms with Gasteiger partial charge in [0.05, 0.1) is 18.5 Å². The van der Waals surface area contributed by atoms with Crippen molar-refractivity contribution in [3.8, 4) is 17.0 Å². The van der Waals surface area contributed by atoms with E-state index < -0.39 is 5.82 Å². The van der Waals surface area contributed by atoms with Gasteiger partial charge in [0.1, 0.15) is 23.7 Å². The average molecular weight is 486 g/mol. The number of carbonyl (C=O) groups is 1. The van der Waals surface area contributed by atoms with Crippen LogP contribution in [0.15, 0.2) is 59.3 Å². The van der Waals surface area contributed by atoms with Crippen molar-refractivity contribution in [2.75, 3.05) is 43.5 Å². The SMILES string of the molecule is COc1ccc(-c2cc(N3CCN(C(=O)Nc4ccc(Br)cc4F)CC3)ncn2)cc1. The molecule has 1 fully saturated rings. The van der Waals surface area contributed by atoms with E-state index in [1.54, 1.807) is 24.4 Å². The van der Waals surface area contributed by atoms with Crippen LogP contribution in [0.1, 0.15) is 0 Å². The van der Waals surface area contributed by atoms with Crippen LogP contribution in [0.2, 0.25) is 0 Å². The summed E-state index contributed by atoms with van der Waals surface area (Å²) in [5.74, 6) is 1.11. The molecule has 0 atom stereocenters. The van der Waals surface area contributed by atoms with Crippen molar-refractivity contribution >= 4 is 33.5 Å². The van der Waals surface area contributed by atoms with Crippen LogP contribution in [-0.2, 0) is 0 Å². The second-order valence-corrected chi connectivity index (χ2v) is 7.93. The minimum atomic E-state index is -0.478. The van der Waals surface area contributed by atoms with Crippen LogP contribution < -0.4 is 15.0 Å². The van der Waals surface area contributed by atoms with Gasteiger partial charge in [-0.15, -0.1) is 0 Å². The molecule has 160 valence electrons. The molecule has 4 rings (SSSR count). The number of hydrogen-bond acceptors (Lipinski definition) is 5. The zero-order valence-corrected chi connectivity index (χ0v) is 18.5. The normalized spacial score (nSPS) is 13.8. The third-order valence-electron chi connectivity index (χ3n) is 5.10. The van der Waals surface area contributed by atoms with E-state index in [1.807, 2.05) is 30.3 Å². The number of rotatable bonds is 4. The molecule has 9 heteroatoms. The highest BCUT2D eigenvalue weighted by molar-refractivity contribution is 9.10. The topological polar surface area (TPSA) is 70.6 Å². The smallest absolute Gasteiger partial charge is 0.322 e. The molecule has 0 saturated carbocycles. The summed E-state index contributed by atoms with van der Waals surface area (Å²) < 4.78 is 19.8. The second-order valence-electron chi connectivity index (χ2n) is 7.02. The quantitative estimate of drug-likeness (QED) is 0.592. The van der Waals surface area contributed by atoms with E-state index in [0.29, 0.717) is 30.7 Å². The first-order chi connectivity index (χ1) is 15.0. The van der Waals surface area contributed by atoms with Gasteiger partial charge in [0, 0.05) is 42.3 Å². The van der Waals surface area contributed by atoms with Crippen molar-refractivity contribution in [3.05, 3.63) is 65.1 Å². The first-order valence-electron chi connectivity index (χ1n) is 9.76. The number of nitrogens with zero attached hydrogens (tertiary/aromatic N) is 4. The number of carbonyl (C=O) groups excluding carboxylic acids is 1. The third kappa shape index (κ3) is 4.93. The predicted octanol–water partition coefficient (Wildman–Crippen LogP) is 4.41. The molecule has 31 heavy (non-hydrogen) atoms. The highest BCUT2D eigenvalue weighted by atomic mass is 79.9. The zero-order chi connectivity index (χ0) is 21.8. The van der Waals surface area contributed by atoms with Gasteiger partial charge >= 0.3 is 6.03 Å². The molecule has 0 bridgehead atoms. The van der Waals surface area contributed by atoms with Crippen molar-refractivity contribution < 1.29 is 13.9 Å². The molecule has 0 spiro atoms. The number of nitrogens with one attached hydrogen (secondary N) is 1. The van der Waals surface area contributed by atoms with Crippen molar-refractivity contribution in [1.29, 1.82) is 0 Å². The number of urea groups is 1. The Labute approximate surface area is 188 Å². The van der Waals surface area contributed by atoms with Crippen LogP contribution >= 0.6 is 15.9 Å². The molecular formula is C22H21BrFN5O2. The first-order valence-corrected chi connectivity index (χ1v) is 10.5. The van der Waals surface area contributed by atoms with Crippen LogP contribution in [0.5, 0.6) is 5.75 Å². The molecule has 1 N–H and O–H groups in total. The number of piperazine rings is 1. The van der Waals surface area contributed by atoms with E-state index in [-0.39, 0.29) is 11.7 Å². The molecule has 1 saturated heterocycles. The summed E-state index contributed by atoms with van der Waals surface area (Å²) in [7, 11) is 1.63. The zero-order valence-electron chi connectivity index (χ0n) is 16.9. The highest BCUT2D eigenvalue weighted by Gasteiger charge is 2.23. The molecule has 0 aliphatic carbocycles. The summed E-state index contributed by atoms with van der Waals surface area (Å²) in [4.78, 5) is 25.1. The standard InChI is InChI=1S/C22H21BrFN5O2/c1-31-17-5-2-15(3-6-17)20-13-21(26-14-25-20)28-8-10-29(11-9-28)22(30)27-19-7-4-16(23)12-18(19)24/h2-7,12-14H,8-11H2,1H3,(H,27,30). The Morgan fingerprint density at radius 3 is 2.48 bits per heavy atom. The van der Waals surface area contributed by atoms with Crippen LogP contribution in [0.25, 0.3) is 11.3 Å². The number of anilines is 2. The number of aromatic nitrogens is 2. The molecule has 7 nitrogen and oxygen atoms in total. The van der Waals surface area contributed by atoms with Crippen molar-refractivity contribution in [3.63, 3.8) is 0 Å². The third-order valence-corrected chi connectivity index (χ3v) is 5.60. The molecule has 2 amide bonds. The molecule has 0 unspecified atom stereocenters. The molecule has 1 aliphatic heterocycles. The summed E-state index contributed by atoms with van der Waals surface area (Å²) in [6.07, 6.45) is 1.55. The van der Waals surface area contributed by atoms with Gasteiger partial charge in [-0.1, -0.05) is 15.9 Å². The lowest BCUT2D eigenvalue weighted by Crippen LogP contribution is -2.50. The Hall–Kier alpha value is -3.20. The summed E-state index contributed by atoms with van der Waals surface area (Å²) in [6.45, 7) is 2.25. The summed E-state index contributed by atoms with van der Waals surface area (Å²) in [5, 5.41) is 2.64. The van der Waals surface area contributed by atoms with E-state index in [9.17, 15) is 9.18 Å². The lowest BCUT2D eigenvalue weighted by Gasteiger charge is -2.35. The predicted molar refractivity (Wildman–Crippen MR) is 121 cm³/mol. The van der Waals surface area contributed by atoms with Crippen LogP contribution in [0.4, 0.5) is 20.7 Å². The Balaban J connectivity index is 1.38. The Bertz CT molecular complexity index is 1070. The fourth-order valence-electron chi connectivity index (χ4n) is 3.36. The Kier molecular flexibility index (Phi) is 6.31. The molecule has 2 aromatic carbocycles. The summed E-state index contributed by atoms with van der Waals surface area (Å²) in [6, 6.07) is 13.9. The lowest BCUT2D eigenvalue weighted by atomic mass is 10.1. The molecule has 3 aromatic rings. The van der Waals surface area contributed by atoms with Crippen molar-refractivity contribution in [1.82, 2.24) is 14.9 Å². The maximum absolute atomic E-state index is 14.0. The van der Waals surface area contributed by atoms with E-state index in [4.69, 9.17) is 4.74 Å². The van der Waals surface area contributed by atoms with Gasteiger partial charge in [-0.05, 0) is 42.5 Å². The van der Waals surface area contributed by atoms with E-state index >= 15 is 0 Å². The fourth-order valence-corrected chi connectivity index (χ4v) is 3.70. The molecule has 1 aromatic heterocycles. The fraction of sp³-hybridized carbons (Fsp3) is 0.227. The average Bonchev–Trinajstić information content (AvgIpc) is 2.81. The van der Waals surface area contributed by atoms with Gasteiger partial charge in [0.2, 0.25) is 0 Å².